The quantitative estimate of drug-likeness (QED) is 0.551. The lowest BCUT2D eigenvalue weighted by molar-refractivity contribution is 0.0743. The molecule has 2 heterocycles. The molecule has 0 saturated heterocycles. The molecule has 0 spiro atoms. The molecule has 1 aliphatic rings. The van der Waals surface area contributed by atoms with E-state index in [1.54, 1.807) is 11.0 Å². The molecule has 4 aromatic rings. The first kappa shape index (κ1) is 18.6. The van der Waals surface area contributed by atoms with Crippen LogP contribution in [0.4, 0.5) is 0 Å². The fourth-order valence-corrected chi connectivity index (χ4v) is 4.39. The van der Waals surface area contributed by atoms with Gasteiger partial charge in [-0.25, -0.2) is 9.67 Å². The predicted molar refractivity (Wildman–Crippen MR) is 117 cm³/mol. The van der Waals surface area contributed by atoms with Gasteiger partial charge in [-0.15, -0.1) is 0 Å². The second kappa shape index (κ2) is 7.44. The van der Waals surface area contributed by atoms with Crippen molar-refractivity contribution < 1.29 is 4.79 Å². The molecule has 2 aromatic heterocycles. The third kappa shape index (κ3) is 3.18. The van der Waals surface area contributed by atoms with E-state index in [1.165, 1.54) is 35.8 Å². The highest BCUT2D eigenvalue weighted by atomic mass is 16.2. The van der Waals surface area contributed by atoms with Crippen LogP contribution in [0.3, 0.4) is 0 Å². The molecule has 5 rings (SSSR count). The number of aromatic nitrogens is 4. The number of carbonyl (C=O) groups excluding carboxylic acids is 1. The van der Waals surface area contributed by atoms with Crippen LogP contribution >= 0.6 is 0 Å². The summed E-state index contributed by atoms with van der Waals surface area (Å²) in [7, 11) is 1.87. The number of H-pyrrole nitrogens is 1. The van der Waals surface area contributed by atoms with E-state index in [1.807, 2.05) is 48.3 Å². The summed E-state index contributed by atoms with van der Waals surface area (Å²) >= 11 is 0. The summed E-state index contributed by atoms with van der Waals surface area (Å²) in [5, 5.41) is 5.36. The lowest BCUT2D eigenvalue weighted by Crippen LogP contribution is -2.29. The number of amides is 1. The van der Waals surface area contributed by atoms with Crippen molar-refractivity contribution in [2.75, 3.05) is 7.05 Å². The van der Waals surface area contributed by atoms with Crippen LogP contribution in [0.15, 0.2) is 55.1 Å². The van der Waals surface area contributed by atoms with Crippen LogP contribution in [0.2, 0.25) is 0 Å². The van der Waals surface area contributed by atoms with Crippen molar-refractivity contribution in [1.82, 2.24) is 24.6 Å². The van der Waals surface area contributed by atoms with Gasteiger partial charge in [0.1, 0.15) is 12.7 Å². The van der Waals surface area contributed by atoms with Crippen LogP contribution in [0.1, 0.15) is 53.0 Å². The van der Waals surface area contributed by atoms with Gasteiger partial charge in [-0.05, 0) is 74.1 Å². The summed E-state index contributed by atoms with van der Waals surface area (Å²) in [5.41, 5.74) is 6.64. The van der Waals surface area contributed by atoms with Gasteiger partial charge in [0.15, 0.2) is 0 Å². The minimum Gasteiger partial charge on any atom is -0.358 e. The number of nitrogens with zero attached hydrogens (tertiary/aromatic N) is 4. The highest BCUT2D eigenvalue weighted by Gasteiger charge is 2.21. The second-order valence-corrected chi connectivity index (χ2v) is 8.07. The van der Waals surface area contributed by atoms with Gasteiger partial charge < -0.3 is 9.88 Å². The minimum absolute atomic E-state index is 0.0375. The lowest BCUT2D eigenvalue weighted by Gasteiger charge is -2.25. The number of nitrogens with one attached hydrogen (secondary N) is 1. The average Bonchev–Trinajstić information content (AvgIpc) is 3.45. The zero-order valence-corrected chi connectivity index (χ0v) is 17.3. The Morgan fingerprint density at radius 3 is 2.70 bits per heavy atom. The summed E-state index contributed by atoms with van der Waals surface area (Å²) in [4.78, 5) is 22.6. The van der Waals surface area contributed by atoms with E-state index in [0.29, 0.717) is 0 Å². The third-order valence-corrected chi connectivity index (χ3v) is 6.31. The van der Waals surface area contributed by atoms with E-state index in [-0.39, 0.29) is 11.9 Å². The molecule has 0 unspecified atom stereocenters. The van der Waals surface area contributed by atoms with Gasteiger partial charge in [0.2, 0.25) is 0 Å². The van der Waals surface area contributed by atoms with E-state index >= 15 is 0 Å². The van der Waals surface area contributed by atoms with E-state index in [0.717, 1.165) is 35.2 Å². The molecule has 0 aliphatic heterocycles. The van der Waals surface area contributed by atoms with Gasteiger partial charge in [0, 0.05) is 29.2 Å². The number of fused-ring (bicyclic) bond motifs is 3. The van der Waals surface area contributed by atoms with Crippen molar-refractivity contribution in [1.29, 1.82) is 0 Å². The van der Waals surface area contributed by atoms with Gasteiger partial charge >= 0.3 is 0 Å². The normalized spacial score (nSPS) is 14.5. The van der Waals surface area contributed by atoms with E-state index in [9.17, 15) is 4.79 Å². The van der Waals surface area contributed by atoms with E-state index < -0.39 is 0 Å². The highest BCUT2D eigenvalue weighted by Crippen LogP contribution is 2.30. The zero-order chi connectivity index (χ0) is 20.7. The van der Waals surface area contributed by atoms with Crippen LogP contribution < -0.4 is 0 Å². The maximum Gasteiger partial charge on any atom is 0.254 e. The van der Waals surface area contributed by atoms with Gasteiger partial charge in [0.05, 0.1) is 11.7 Å². The lowest BCUT2D eigenvalue weighted by atomic mass is 9.95. The maximum atomic E-state index is 13.2. The molecule has 1 atom stereocenters. The summed E-state index contributed by atoms with van der Waals surface area (Å²) in [6.45, 7) is 2.05. The van der Waals surface area contributed by atoms with Crippen LogP contribution in [0, 0.1) is 0 Å². The molecule has 1 amide bonds. The Hall–Kier alpha value is -3.41. The fourth-order valence-electron chi connectivity index (χ4n) is 4.39. The first-order chi connectivity index (χ1) is 14.6. The predicted octanol–water partition coefficient (Wildman–Crippen LogP) is 4.46. The smallest absolute Gasteiger partial charge is 0.254 e. The molecule has 0 saturated carbocycles. The average molecular weight is 399 g/mol. The number of carbonyl (C=O) groups is 1. The van der Waals surface area contributed by atoms with Gasteiger partial charge in [-0.2, -0.15) is 5.10 Å². The standard InChI is InChI=1S/C24H25N5O/c1-16(17-7-10-19(11-8-17)29-15-25-14-26-29)28(2)24(30)18-9-12-23-21(13-18)20-5-3-4-6-22(20)27-23/h7-16,27H,3-6H2,1-2H3/t16-/m1/s1. The Balaban J connectivity index is 1.39. The summed E-state index contributed by atoms with van der Waals surface area (Å²) < 4.78 is 1.72. The van der Waals surface area contributed by atoms with Crippen molar-refractivity contribution in [3.8, 4) is 5.69 Å². The Bertz CT molecular complexity index is 1190. The number of aromatic amines is 1. The van der Waals surface area contributed by atoms with Crippen molar-refractivity contribution in [3.63, 3.8) is 0 Å². The van der Waals surface area contributed by atoms with Crippen LogP contribution in [-0.2, 0) is 12.8 Å². The molecule has 1 N–H and O–H groups in total. The molecular weight excluding hydrogens is 374 g/mol. The molecule has 0 radical (unpaired) electrons. The molecule has 30 heavy (non-hydrogen) atoms. The SMILES string of the molecule is C[C@H](c1ccc(-n2cncn2)cc1)N(C)C(=O)c1ccc2[nH]c3c(c2c1)CCCC3. The summed E-state index contributed by atoms with van der Waals surface area (Å²) in [5.74, 6) is 0.0375. The molecule has 0 fully saturated rings. The van der Waals surface area contributed by atoms with Gasteiger partial charge in [0.25, 0.3) is 5.91 Å². The highest BCUT2D eigenvalue weighted by molar-refractivity contribution is 5.99. The molecule has 152 valence electrons. The van der Waals surface area contributed by atoms with Crippen LogP contribution in [0.5, 0.6) is 0 Å². The first-order valence-electron chi connectivity index (χ1n) is 10.5. The van der Waals surface area contributed by atoms with Crippen molar-refractivity contribution in [3.05, 3.63) is 77.5 Å². The largest absolute Gasteiger partial charge is 0.358 e. The monoisotopic (exact) mass is 399 g/mol. The number of aryl methyl sites for hydroxylation is 2. The molecular formula is C24H25N5O. The fraction of sp³-hybridized carbons (Fsp3) is 0.292. The summed E-state index contributed by atoms with van der Waals surface area (Å²) in [6, 6.07) is 14.1. The second-order valence-electron chi connectivity index (χ2n) is 8.07. The first-order valence-corrected chi connectivity index (χ1v) is 10.5. The Morgan fingerprint density at radius 2 is 1.93 bits per heavy atom. The maximum absolute atomic E-state index is 13.2. The van der Waals surface area contributed by atoms with Crippen molar-refractivity contribution >= 4 is 16.8 Å². The van der Waals surface area contributed by atoms with E-state index in [4.69, 9.17) is 0 Å². The Kier molecular flexibility index (Phi) is 4.62. The zero-order valence-electron chi connectivity index (χ0n) is 17.3. The van der Waals surface area contributed by atoms with Gasteiger partial charge in [-0.3, -0.25) is 4.79 Å². The molecule has 1 aliphatic carbocycles. The molecule has 6 heteroatoms. The minimum atomic E-state index is -0.0434. The molecule has 6 nitrogen and oxygen atoms in total. The number of hydrogen-bond donors (Lipinski definition) is 1. The van der Waals surface area contributed by atoms with E-state index in [2.05, 4.69) is 28.1 Å². The topological polar surface area (TPSA) is 66.8 Å². The number of rotatable bonds is 4. The number of benzene rings is 2. The van der Waals surface area contributed by atoms with Crippen LogP contribution in [-0.4, -0.2) is 37.6 Å². The van der Waals surface area contributed by atoms with Gasteiger partial charge in [-0.1, -0.05) is 12.1 Å². The third-order valence-electron chi connectivity index (χ3n) is 6.31. The molecule has 0 bridgehead atoms. The van der Waals surface area contributed by atoms with Crippen LogP contribution in [0.25, 0.3) is 16.6 Å². The van der Waals surface area contributed by atoms with Crippen molar-refractivity contribution in [2.45, 2.75) is 38.6 Å². The Labute approximate surface area is 175 Å². The van der Waals surface area contributed by atoms with Crippen molar-refractivity contribution in [2.24, 2.45) is 0 Å². The summed E-state index contributed by atoms with van der Waals surface area (Å²) in [6.07, 6.45) is 7.85. The number of hydrogen-bond acceptors (Lipinski definition) is 3. The Morgan fingerprint density at radius 1 is 1.13 bits per heavy atom. The molecule has 2 aromatic carbocycles.